The molecule has 0 spiro atoms. The number of pyridine rings is 2. The van der Waals surface area contributed by atoms with Gasteiger partial charge in [0.2, 0.25) is 0 Å². The van der Waals surface area contributed by atoms with Crippen molar-refractivity contribution >= 4 is 16.9 Å². The van der Waals surface area contributed by atoms with Crippen molar-refractivity contribution in [3.63, 3.8) is 0 Å². The number of rotatable bonds is 4. The fourth-order valence-corrected chi connectivity index (χ4v) is 3.55. The monoisotopic (exact) mass is 377 g/mol. The Morgan fingerprint density at radius 1 is 1.25 bits per heavy atom. The lowest BCUT2D eigenvalue weighted by molar-refractivity contribution is 0.0941. The summed E-state index contributed by atoms with van der Waals surface area (Å²) in [6.45, 7) is 10.3. The molecule has 1 aliphatic carbocycles. The molecular formula is C22H27N5O. The Morgan fingerprint density at radius 3 is 2.54 bits per heavy atom. The number of aromatic nitrogens is 4. The van der Waals surface area contributed by atoms with E-state index in [1.165, 1.54) is 0 Å². The molecule has 6 nitrogen and oxygen atoms in total. The maximum absolute atomic E-state index is 13.3. The van der Waals surface area contributed by atoms with E-state index in [-0.39, 0.29) is 17.5 Å². The molecule has 1 atom stereocenters. The van der Waals surface area contributed by atoms with Gasteiger partial charge in [0.15, 0.2) is 5.65 Å². The van der Waals surface area contributed by atoms with Crippen LogP contribution in [0.2, 0.25) is 0 Å². The van der Waals surface area contributed by atoms with Gasteiger partial charge in [0, 0.05) is 24.0 Å². The van der Waals surface area contributed by atoms with Gasteiger partial charge < -0.3 is 5.32 Å². The summed E-state index contributed by atoms with van der Waals surface area (Å²) in [7, 11) is 0. The van der Waals surface area contributed by atoms with Crippen molar-refractivity contribution in [1.29, 1.82) is 0 Å². The van der Waals surface area contributed by atoms with Crippen molar-refractivity contribution in [2.45, 2.75) is 65.0 Å². The molecule has 0 radical (unpaired) electrons. The van der Waals surface area contributed by atoms with E-state index in [4.69, 9.17) is 10.1 Å². The average molecular weight is 377 g/mol. The minimum atomic E-state index is -0.209. The summed E-state index contributed by atoms with van der Waals surface area (Å²) in [5.41, 5.74) is 4.12. The van der Waals surface area contributed by atoms with Crippen LogP contribution in [0.25, 0.3) is 11.0 Å². The molecule has 28 heavy (non-hydrogen) atoms. The molecular weight excluding hydrogens is 350 g/mol. The molecule has 1 N–H and O–H groups in total. The van der Waals surface area contributed by atoms with Crippen molar-refractivity contribution in [2.24, 2.45) is 0 Å². The van der Waals surface area contributed by atoms with Crippen LogP contribution < -0.4 is 5.32 Å². The highest BCUT2D eigenvalue weighted by Crippen LogP contribution is 2.41. The number of carbonyl (C=O) groups excluding carboxylic acids is 1. The molecule has 3 aromatic heterocycles. The molecule has 146 valence electrons. The van der Waals surface area contributed by atoms with E-state index >= 15 is 0 Å². The third-order valence-electron chi connectivity index (χ3n) is 5.26. The number of fused-ring (bicyclic) bond motifs is 1. The van der Waals surface area contributed by atoms with Crippen LogP contribution in [0.3, 0.4) is 0 Å². The lowest BCUT2D eigenvalue weighted by atomic mass is 10.0. The molecule has 1 fully saturated rings. The highest BCUT2D eigenvalue weighted by molar-refractivity contribution is 6.06. The second-order valence-electron chi connectivity index (χ2n) is 8.71. The average Bonchev–Trinajstić information content (AvgIpc) is 3.44. The summed E-state index contributed by atoms with van der Waals surface area (Å²) >= 11 is 0. The van der Waals surface area contributed by atoms with Crippen LogP contribution in [0.15, 0.2) is 30.6 Å². The number of amides is 1. The Hall–Kier alpha value is -2.76. The first-order chi connectivity index (χ1) is 13.3. The van der Waals surface area contributed by atoms with Gasteiger partial charge in [-0.1, -0.05) is 0 Å². The number of carbonyl (C=O) groups is 1. The lowest BCUT2D eigenvalue weighted by Gasteiger charge is -2.20. The van der Waals surface area contributed by atoms with Gasteiger partial charge in [-0.2, -0.15) is 5.10 Å². The Bertz CT molecular complexity index is 1030. The molecule has 1 amide bonds. The Balaban J connectivity index is 1.79. The molecule has 0 aromatic carbocycles. The minimum Gasteiger partial charge on any atom is -0.345 e. The molecule has 0 aliphatic heterocycles. The standard InChI is InChI=1S/C22H27N5O/c1-13(15-8-10-23-11-9-15)24-21(28)17-12-18(16-6-7-16)25-20-19(17)14(2)26-27(20)22(3,4)5/h8-13,16H,6-7H2,1-5H3,(H,24,28). The van der Waals surface area contributed by atoms with Crippen LogP contribution in [-0.2, 0) is 5.54 Å². The summed E-state index contributed by atoms with van der Waals surface area (Å²) in [6, 6.07) is 5.70. The van der Waals surface area contributed by atoms with Crippen LogP contribution in [0.1, 0.15) is 79.8 Å². The summed E-state index contributed by atoms with van der Waals surface area (Å²) in [6.07, 6.45) is 5.75. The van der Waals surface area contributed by atoms with Crippen LogP contribution in [0.4, 0.5) is 0 Å². The SMILES string of the molecule is Cc1nn(C(C)(C)C)c2nc(C3CC3)cc(C(=O)NC(C)c3ccncc3)c12. The molecule has 3 heterocycles. The predicted octanol–water partition coefficient (Wildman–Crippen LogP) is 4.26. The molecule has 1 aliphatic rings. The van der Waals surface area contributed by atoms with Crippen molar-refractivity contribution < 1.29 is 4.79 Å². The lowest BCUT2D eigenvalue weighted by Crippen LogP contribution is -2.27. The third kappa shape index (κ3) is 3.39. The number of nitrogens with one attached hydrogen (secondary N) is 1. The summed E-state index contributed by atoms with van der Waals surface area (Å²) in [4.78, 5) is 22.2. The maximum Gasteiger partial charge on any atom is 0.252 e. The van der Waals surface area contributed by atoms with Crippen molar-refractivity contribution in [3.8, 4) is 0 Å². The second kappa shape index (κ2) is 6.69. The molecule has 3 aromatic rings. The number of aryl methyl sites for hydroxylation is 1. The van der Waals surface area contributed by atoms with Gasteiger partial charge in [0.05, 0.1) is 28.2 Å². The summed E-state index contributed by atoms with van der Waals surface area (Å²) in [5.74, 6) is 0.368. The number of hydrogen-bond donors (Lipinski definition) is 1. The Labute approximate surface area is 165 Å². The van der Waals surface area contributed by atoms with Gasteiger partial charge in [-0.05, 0) is 71.2 Å². The van der Waals surface area contributed by atoms with Gasteiger partial charge >= 0.3 is 0 Å². The van der Waals surface area contributed by atoms with Gasteiger partial charge in [-0.3, -0.25) is 9.78 Å². The summed E-state index contributed by atoms with van der Waals surface area (Å²) in [5, 5.41) is 8.71. The van der Waals surface area contributed by atoms with E-state index in [9.17, 15) is 4.79 Å². The van der Waals surface area contributed by atoms with Gasteiger partial charge in [-0.25, -0.2) is 9.67 Å². The molecule has 0 bridgehead atoms. The van der Waals surface area contributed by atoms with E-state index in [2.05, 4.69) is 31.1 Å². The second-order valence-corrected chi connectivity index (χ2v) is 8.71. The van der Waals surface area contributed by atoms with E-state index in [0.29, 0.717) is 11.5 Å². The Kier molecular flexibility index (Phi) is 4.44. The normalized spacial score (nSPS) is 15.6. The number of nitrogens with zero attached hydrogens (tertiary/aromatic N) is 4. The molecule has 1 saturated carbocycles. The van der Waals surface area contributed by atoms with E-state index < -0.39 is 0 Å². The zero-order chi connectivity index (χ0) is 20.1. The van der Waals surface area contributed by atoms with Gasteiger partial charge in [0.1, 0.15) is 0 Å². The van der Waals surface area contributed by atoms with E-state index in [0.717, 1.165) is 40.8 Å². The highest BCUT2D eigenvalue weighted by atomic mass is 16.1. The molecule has 4 rings (SSSR count). The first-order valence-electron chi connectivity index (χ1n) is 9.87. The third-order valence-corrected chi connectivity index (χ3v) is 5.26. The zero-order valence-corrected chi connectivity index (χ0v) is 17.2. The largest absolute Gasteiger partial charge is 0.345 e. The zero-order valence-electron chi connectivity index (χ0n) is 17.2. The van der Waals surface area contributed by atoms with E-state index in [1.807, 2.05) is 36.7 Å². The van der Waals surface area contributed by atoms with Crippen LogP contribution in [0.5, 0.6) is 0 Å². The first kappa shape index (κ1) is 18.6. The van der Waals surface area contributed by atoms with Crippen molar-refractivity contribution in [2.75, 3.05) is 0 Å². The van der Waals surface area contributed by atoms with Crippen LogP contribution >= 0.6 is 0 Å². The molecule has 0 saturated heterocycles. The molecule has 6 heteroatoms. The van der Waals surface area contributed by atoms with Gasteiger partial charge in [-0.15, -0.1) is 0 Å². The molecule has 1 unspecified atom stereocenters. The predicted molar refractivity (Wildman–Crippen MR) is 109 cm³/mol. The summed E-state index contributed by atoms with van der Waals surface area (Å²) < 4.78 is 1.95. The minimum absolute atomic E-state index is 0.0878. The topological polar surface area (TPSA) is 72.7 Å². The van der Waals surface area contributed by atoms with Crippen molar-refractivity contribution in [3.05, 3.63) is 53.1 Å². The highest BCUT2D eigenvalue weighted by Gasteiger charge is 2.30. The fraction of sp³-hybridized carbons (Fsp3) is 0.455. The van der Waals surface area contributed by atoms with Crippen LogP contribution in [-0.4, -0.2) is 25.7 Å². The van der Waals surface area contributed by atoms with Crippen molar-refractivity contribution in [1.82, 2.24) is 25.1 Å². The Morgan fingerprint density at radius 2 is 1.93 bits per heavy atom. The quantitative estimate of drug-likeness (QED) is 0.737. The fourth-order valence-electron chi connectivity index (χ4n) is 3.55. The van der Waals surface area contributed by atoms with E-state index in [1.54, 1.807) is 12.4 Å². The first-order valence-corrected chi connectivity index (χ1v) is 9.87. The number of hydrogen-bond acceptors (Lipinski definition) is 4. The van der Waals surface area contributed by atoms with Gasteiger partial charge in [0.25, 0.3) is 5.91 Å². The smallest absolute Gasteiger partial charge is 0.252 e. The van der Waals surface area contributed by atoms with Crippen LogP contribution in [0, 0.1) is 6.92 Å². The maximum atomic E-state index is 13.3.